The number of furan rings is 1. The van der Waals surface area contributed by atoms with Gasteiger partial charge >= 0.3 is 0 Å². The van der Waals surface area contributed by atoms with Crippen LogP contribution in [0.25, 0.3) is 88.1 Å². The molecule has 45 heavy (non-hydrogen) atoms. The lowest BCUT2D eigenvalue weighted by atomic mass is 10.0. The first-order valence-corrected chi connectivity index (χ1v) is 15.4. The van der Waals surface area contributed by atoms with Crippen molar-refractivity contribution in [2.45, 2.75) is 0 Å². The first-order chi connectivity index (χ1) is 22.3. The third kappa shape index (κ3) is 3.41. The van der Waals surface area contributed by atoms with Crippen molar-refractivity contribution in [3.05, 3.63) is 158 Å². The van der Waals surface area contributed by atoms with Crippen molar-refractivity contribution >= 4 is 65.6 Å². The molecule has 0 spiro atoms. The number of fused-ring (bicyclic) bond motifs is 11. The van der Waals surface area contributed by atoms with Crippen molar-refractivity contribution in [1.82, 2.24) is 9.13 Å². The normalized spacial score (nSPS) is 12.0. The van der Waals surface area contributed by atoms with Crippen LogP contribution in [0.1, 0.15) is 0 Å². The average molecular weight is 575 g/mol. The van der Waals surface area contributed by atoms with Crippen LogP contribution in [0.5, 0.6) is 0 Å². The van der Waals surface area contributed by atoms with E-state index in [1.807, 2.05) is 0 Å². The molecule has 0 atom stereocenters. The lowest BCUT2D eigenvalue weighted by molar-refractivity contribution is 0.673. The van der Waals surface area contributed by atoms with Gasteiger partial charge in [0.15, 0.2) is 0 Å². The zero-order valence-electron chi connectivity index (χ0n) is 24.3. The number of hydrogen-bond donors (Lipinski definition) is 0. The summed E-state index contributed by atoms with van der Waals surface area (Å²) in [6, 6.07) is 56.3. The zero-order chi connectivity index (χ0) is 29.5. The molecule has 0 N–H and O–H groups in total. The van der Waals surface area contributed by atoms with Gasteiger partial charge in [-0.2, -0.15) is 0 Å². The molecule has 10 rings (SSSR count). The fourth-order valence-corrected chi connectivity index (χ4v) is 7.38. The summed E-state index contributed by atoms with van der Waals surface area (Å²) in [5.74, 6) is 0. The smallest absolute Gasteiger partial charge is 0.145 e. The highest BCUT2D eigenvalue weighted by Crippen LogP contribution is 2.45. The summed E-state index contributed by atoms with van der Waals surface area (Å²) >= 11 is 0. The summed E-state index contributed by atoms with van der Waals surface area (Å²) in [6.45, 7) is 0. The van der Waals surface area contributed by atoms with Gasteiger partial charge in [-0.3, -0.25) is 0 Å². The van der Waals surface area contributed by atoms with E-state index >= 15 is 0 Å². The Hall–Kier alpha value is -6.06. The van der Waals surface area contributed by atoms with Crippen LogP contribution < -0.4 is 0 Å². The molecule has 0 saturated heterocycles. The molecule has 7 aromatic carbocycles. The molecular weight excluding hydrogens is 548 g/mol. The van der Waals surface area contributed by atoms with Gasteiger partial charge < -0.3 is 13.6 Å². The number of aromatic nitrogens is 2. The second kappa shape index (κ2) is 9.22. The van der Waals surface area contributed by atoms with E-state index in [1.54, 1.807) is 0 Å². The Morgan fingerprint density at radius 2 is 0.956 bits per heavy atom. The fraction of sp³-hybridized carbons (Fsp3) is 0. The topological polar surface area (TPSA) is 23.0 Å². The third-order valence-corrected chi connectivity index (χ3v) is 9.32. The van der Waals surface area contributed by atoms with Crippen molar-refractivity contribution in [2.75, 3.05) is 0 Å². The number of rotatable bonds is 3. The maximum Gasteiger partial charge on any atom is 0.145 e. The lowest BCUT2D eigenvalue weighted by Gasteiger charge is -2.10. The number of para-hydroxylation sites is 3. The van der Waals surface area contributed by atoms with E-state index in [0.717, 1.165) is 44.2 Å². The average Bonchev–Trinajstić information content (AvgIpc) is 3.76. The minimum atomic E-state index is 0.895. The molecular formula is C42H26N2O. The van der Waals surface area contributed by atoms with Gasteiger partial charge in [-0.15, -0.1) is 0 Å². The second-order valence-electron chi connectivity index (χ2n) is 11.7. The molecule has 0 amide bonds. The van der Waals surface area contributed by atoms with Crippen LogP contribution in [-0.2, 0) is 0 Å². The van der Waals surface area contributed by atoms with Crippen LogP contribution in [-0.4, -0.2) is 9.13 Å². The minimum absolute atomic E-state index is 0.895. The maximum absolute atomic E-state index is 6.87. The zero-order valence-corrected chi connectivity index (χ0v) is 24.3. The predicted octanol–water partition coefficient (Wildman–Crippen LogP) is 11.4. The van der Waals surface area contributed by atoms with Crippen molar-refractivity contribution < 1.29 is 4.42 Å². The van der Waals surface area contributed by atoms with Gasteiger partial charge in [-0.25, -0.2) is 0 Å². The summed E-state index contributed by atoms with van der Waals surface area (Å²) in [4.78, 5) is 0. The Morgan fingerprint density at radius 3 is 1.73 bits per heavy atom. The monoisotopic (exact) mass is 574 g/mol. The van der Waals surface area contributed by atoms with E-state index in [4.69, 9.17) is 4.42 Å². The third-order valence-electron chi connectivity index (χ3n) is 9.32. The Balaban J connectivity index is 1.32. The number of nitrogens with zero attached hydrogens (tertiary/aromatic N) is 2. The highest BCUT2D eigenvalue weighted by atomic mass is 16.3. The first kappa shape index (κ1) is 24.4. The molecule has 10 aromatic rings. The summed E-state index contributed by atoms with van der Waals surface area (Å²) in [5, 5.41) is 7.06. The molecule has 0 aliphatic heterocycles. The molecule has 3 heteroatoms. The Kier molecular flexibility index (Phi) is 5.00. The van der Waals surface area contributed by atoms with Crippen LogP contribution in [0.3, 0.4) is 0 Å². The number of benzene rings is 7. The van der Waals surface area contributed by atoms with E-state index < -0.39 is 0 Å². The standard InChI is InChI=1S/C42H26N2O/c1-3-11-27(12-4-1)28-19-21-30(22-20-28)44-35-17-9-7-15-31(35)32-24-26-38-40(41(32)44)34-23-25-37-39(42(34)45-38)33-16-8-10-18-36(33)43(37)29-13-5-2-6-14-29/h1-26H. The first-order valence-electron chi connectivity index (χ1n) is 15.4. The Labute approximate surface area is 258 Å². The van der Waals surface area contributed by atoms with Crippen molar-refractivity contribution in [1.29, 1.82) is 0 Å². The van der Waals surface area contributed by atoms with Crippen LogP contribution in [0.4, 0.5) is 0 Å². The van der Waals surface area contributed by atoms with E-state index in [1.165, 1.54) is 43.8 Å². The van der Waals surface area contributed by atoms with Crippen LogP contribution in [0, 0.1) is 0 Å². The molecule has 0 bridgehead atoms. The molecule has 0 unspecified atom stereocenters. The molecule has 0 aliphatic carbocycles. The van der Waals surface area contributed by atoms with Gasteiger partial charge in [-0.05, 0) is 71.8 Å². The van der Waals surface area contributed by atoms with Gasteiger partial charge in [0.2, 0.25) is 0 Å². The van der Waals surface area contributed by atoms with Gasteiger partial charge in [0.25, 0.3) is 0 Å². The van der Waals surface area contributed by atoms with Crippen molar-refractivity contribution in [3.8, 4) is 22.5 Å². The summed E-state index contributed by atoms with van der Waals surface area (Å²) < 4.78 is 11.6. The molecule has 0 saturated carbocycles. The van der Waals surface area contributed by atoms with Gasteiger partial charge in [0.05, 0.1) is 32.8 Å². The Morgan fingerprint density at radius 1 is 0.356 bits per heavy atom. The highest BCUT2D eigenvalue weighted by Gasteiger charge is 2.22. The highest BCUT2D eigenvalue weighted by molar-refractivity contribution is 6.29. The summed E-state index contributed by atoms with van der Waals surface area (Å²) in [6.07, 6.45) is 0. The van der Waals surface area contributed by atoms with Crippen LogP contribution in [0.15, 0.2) is 162 Å². The van der Waals surface area contributed by atoms with Gasteiger partial charge in [0, 0.05) is 32.9 Å². The molecule has 0 aliphatic rings. The Bertz CT molecular complexity index is 2730. The van der Waals surface area contributed by atoms with E-state index in [-0.39, 0.29) is 0 Å². The van der Waals surface area contributed by atoms with E-state index in [2.05, 4.69) is 167 Å². The number of hydrogen-bond acceptors (Lipinski definition) is 1. The predicted molar refractivity (Wildman–Crippen MR) is 188 cm³/mol. The summed E-state index contributed by atoms with van der Waals surface area (Å²) in [7, 11) is 0. The van der Waals surface area contributed by atoms with Crippen LogP contribution in [0.2, 0.25) is 0 Å². The molecule has 210 valence electrons. The molecule has 3 nitrogen and oxygen atoms in total. The lowest BCUT2D eigenvalue weighted by Crippen LogP contribution is -1.94. The largest absolute Gasteiger partial charge is 0.455 e. The quantitative estimate of drug-likeness (QED) is 0.206. The molecule has 0 radical (unpaired) electrons. The van der Waals surface area contributed by atoms with E-state index in [0.29, 0.717) is 0 Å². The van der Waals surface area contributed by atoms with Gasteiger partial charge in [-0.1, -0.05) is 97.1 Å². The molecule has 0 fully saturated rings. The van der Waals surface area contributed by atoms with Crippen molar-refractivity contribution in [3.63, 3.8) is 0 Å². The van der Waals surface area contributed by atoms with Crippen molar-refractivity contribution in [2.24, 2.45) is 0 Å². The summed E-state index contributed by atoms with van der Waals surface area (Å²) in [5.41, 5.74) is 11.2. The molecule has 3 aromatic heterocycles. The second-order valence-corrected chi connectivity index (χ2v) is 11.7. The minimum Gasteiger partial charge on any atom is -0.455 e. The molecule has 3 heterocycles. The van der Waals surface area contributed by atoms with Gasteiger partial charge in [0.1, 0.15) is 11.2 Å². The van der Waals surface area contributed by atoms with Crippen LogP contribution >= 0.6 is 0 Å². The fourth-order valence-electron chi connectivity index (χ4n) is 7.38. The van der Waals surface area contributed by atoms with E-state index in [9.17, 15) is 0 Å². The SMILES string of the molecule is c1ccc(-c2ccc(-n3c4ccccc4c4ccc5oc6c(ccc7c6c6ccccc6n7-c6ccccc6)c5c43)cc2)cc1. The maximum atomic E-state index is 6.87.